The van der Waals surface area contributed by atoms with Gasteiger partial charge in [-0.1, -0.05) is 32.0 Å². The minimum atomic E-state index is -0.854. The van der Waals surface area contributed by atoms with E-state index in [0.717, 1.165) is 5.56 Å². The molecule has 7 heteroatoms. The quantitative estimate of drug-likeness (QED) is 0.206. The Hall–Kier alpha value is -4.26. The Balaban J connectivity index is 1.91. The van der Waals surface area contributed by atoms with Crippen LogP contribution in [0.1, 0.15) is 56.3 Å². The number of aliphatic hydroxyl groups is 1. The number of benzene rings is 3. The Morgan fingerprint density at radius 2 is 1.61 bits per heavy atom. The van der Waals surface area contributed by atoms with E-state index in [1.54, 1.807) is 61.7 Å². The topological polar surface area (TPSA) is 85.3 Å². The number of Topliss-reactive ketones (excluding diaryl/α,β-unsaturated/α-hetero) is 1. The summed E-state index contributed by atoms with van der Waals surface area (Å²) < 4.78 is 16.7. The third kappa shape index (κ3) is 5.09. The summed E-state index contributed by atoms with van der Waals surface area (Å²) in [7, 11) is 1.59. The van der Waals surface area contributed by atoms with Crippen LogP contribution >= 0.6 is 0 Å². The second kappa shape index (κ2) is 11.4. The second-order valence-corrected chi connectivity index (χ2v) is 9.21. The van der Waals surface area contributed by atoms with Crippen LogP contribution in [0.25, 0.3) is 5.76 Å². The maximum absolute atomic E-state index is 13.5. The molecule has 0 aliphatic carbocycles. The zero-order valence-electron chi connectivity index (χ0n) is 22.4. The summed E-state index contributed by atoms with van der Waals surface area (Å²) in [5.74, 6) is 0.325. The molecule has 3 aromatic carbocycles. The first-order valence-corrected chi connectivity index (χ1v) is 12.8. The third-order valence-electron chi connectivity index (χ3n) is 6.48. The maximum atomic E-state index is 13.5. The minimum Gasteiger partial charge on any atom is -0.507 e. The van der Waals surface area contributed by atoms with Crippen molar-refractivity contribution in [1.29, 1.82) is 0 Å². The van der Waals surface area contributed by atoms with Gasteiger partial charge >= 0.3 is 0 Å². The van der Waals surface area contributed by atoms with Gasteiger partial charge in [0.25, 0.3) is 11.7 Å². The van der Waals surface area contributed by atoms with Crippen LogP contribution in [0.2, 0.25) is 0 Å². The van der Waals surface area contributed by atoms with E-state index in [4.69, 9.17) is 14.2 Å². The van der Waals surface area contributed by atoms with Crippen molar-refractivity contribution >= 4 is 23.1 Å². The van der Waals surface area contributed by atoms with Crippen LogP contribution in [-0.4, -0.2) is 37.1 Å². The van der Waals surface area contributed by atoms with Crippen molar-refractivity contribution in [3.8, 4) is 17.2 Å². The number of methoxy groups -OCH3 is 1. The summed E-state index contributed by atoms with van der Waals surface area (Å²) in [6, 6.07) is 18.6. The van der Waals surface area contributed by atoms with Gasteiger partial charge in [0.15, 0.2) is 0 Å². The van der Waals surface area contributed by atoms with Crippen LogP contribution in [0.15, 0.2) is 72.3 Å². The molecule has 1 unspecified atom stereocenters. The molecule has 1 atom stereocenters. The molecule has 0 saturated carbocycles. The van der Waals surface area contributed by atoms with Crippen LogP contribution in [0.5, 0.6) is 17.2 Å². The number of aliphatic hydroxyl groups excluding tert-OH is 1. The van der Waals surface area contributed by atoms with Crippen molar-refractivity contribution < 1.29 is 28.9 Å². The number of carbonyl (C=O) groups is 2. The van der Waals surface area contributed by atoms with E-state index in [1.165, 1.54) is 4.90 Å². The van der Waals surface area contributed by atoms with Crippen molar-refractivity contribution in [1.82, 2.24) is 0 Å². The Kier molecular flexibility index (Phi) is 8.05. The number of hydrogen-bond acceptors (Lipinski definition) is 6. The summed E-state index contributed by atoms with van der Waals surface area (Å²) in [4.78, 5) is 28.4. The molecule has 38 heavy (non-hydrogen) atoms. The van der Waals surface area contributed by atoms with Gasteiger partial charge in [-0.2, -0.15) is 0 Å². The summed E-state index contributed by atoms with van der Waals surface area (Å²) in [5.41, 5.74) is 2.49. The number of anilines is 1. The number of rotatable bonds is 9. The average Bonchev–Trinajstić information content (AvgIpc) is 3.19. The molecule has 0 radical (unpaired) electrons. The highest BCUT2D eigenvalue weighted by Gasteiger charge is 2.47. The van der Waals surface area contributed by atoms with Crippen molar-refractivity contribution in [2.75, 3.05) is 25.2 Å². The van der Waals surface area contributed by atoms with Gasteiger partial charge in [0.05, 0.1) is 31.9 Å². The Bertz CT molecular complexity index is 1360. The molecule has 1 fully saturated rings. The van der Waals surface area contributed by atoms with Crippen molar-refractivity contribution in [3.63, 3.8) is 0 Å². The van der Waals surface area contributed by atoms with Crippen LogP contribution < -0.4 is 19.1 Å². The predicted molar refractivity (Wildman–Crippen MR) is 147 cm³/mol. The average molecular weight is 516 g/mol. The molecule has 7 nitrogen and oxygen atoms in total. The first kappa shape index (κ1) is 26.8. The van der Waals surface area contributed by atoms with Crippen molar-refractivity contribution in [2.45, 2.75) is 39.7 Å². The lowest BCUT2D eigenvalue weighted by molar-refractivity contribution is -0.132. The minimum absolute atomic E-state index is 0.0147. The number of nitrogens with zero attached hydrogens (tertiary/aromatic N) is 1. The summed E-state index contributed by atoms with van der Waals surface area (Å²) in [6.07, 6.45) is 0. The molecule has 4 rings (SSSR count). The molecule has 1 saturated heterocycles. The molecule has 3 aromatic rings. The molecule has 198 valence electrons. The van der Waals surface area contributed by atoms with Gasteiger partial charge in [0.2, 0.25) is 0 Å². The lowest BCUT2D eigenvalue weighted by atomic mass is 9.93. The van der Waals surface area contributed by atoms with E-state index in [0.29, 0.717) is 47.3 Å². The Labute approximate surface area is 223 Å². The van der Waals surface area contributed by atoms with Gasteiger partial charge in [-0.05, 0) is 73.4 Å². The van der Waals surface area contributed by atoms with Gasteiger partial charge < -0.3 is 19.3 Å². The lowest BCUT2D eigenvalue weighted by Crippen LogP contribution is -2.29. The van der Waals surface area contributed by atoms with E-state index in [-0.39, 0.29) is 17.3 Å². The van der Waals surface area contributed by atoms with Crippen LogP contribution in [0.4, 0.5) is 5.69 Å². The van der Waals surface area contributed by atoms with Crippen LogP contribution in [0, 0.1) is 0 Å². The molecule has 0 bridgehead atoms. The predicted octanol–water partition coefficient (Wildman–Crippen LogP) is 6.24. The van der Waals surface area contributed by atoms with E-state index in [1.807, 2.05) is 39.8 Å². The normalized spacial score (nSPS) is 16.7. The highest BCUT2D eigenvalue weighted by atomic mass is 16.5. The fourth-order valence-corrected chi connectivity index (χ4v) is 4.71. The molecular formula is C31H33NO6. The standard InChI is InChI=1S/C31H33NO6/c1-6-37-23-14-11-20(12-15-23)28-27(29(33)21-13-16-26(36-5)25(17-21)19(3)4)30(34)31(35)32(28)22-9-8-10-24(18-22)38-7-2/h8-19,28,33H,6-7H2,1-5H3/b29-27-. The van der Waals surface area contributed by atoms with Gasteiger partial charge in [-0.3, -0.25) is 14.5 Å². The van der Waals surface area contributed by atoms with Gasteiger partial charge in [0, 0.05) is 17.3 Å². The number of amides is 1. The van der Waals surface area contributed by atoms with Crippen molar-refractivity contribution in [3.05, 3.63) is 89.0 Å². The third-order valence-corrected chi connectivity index (χ3v) is 6.48. The van der Waals surface area contributed by atoms with E-state index in [2.05, 4.69) is 0 Å². The molecular weight excluding hydrogens is 482 g/mol. The number of ether oxygens (including phenoxy) is 3. The highest BCUT2D eigenvalue weighted by Crippen LogP contribution is 2.43. The smallest absolute Gasteiger partial charge is 0.300 e. The zero-order chi connectivity index (χ0) is 27.4. The van der Waals surface area contributed by atoms with Gasteiger partial charge in [0.1, 0.15) is 23.0 Å². The molecule has 1 aliphatic heterocycles. The summed E-state index contributed by atoms with van der Waals surface area (Å²) in [5, 5.41) is 11.5. The first-order valence-electron chi connectivity index (χ1n) is 12.8. The fourth-order valence-electron chi connectivity index (χ4n) is 4.71. The second-order valence-electron chi connectivity index (χ2n) is 9.21. The van der Waals surface area contributed by atoms with E-state index in [9.17, 15) is 14.7 Å². The SMILES string of the molecule is CCOc1ccc(C2/C(=C(/O)c3ccc(OC)c(C(C)C)c3)C(=O)C(=O)N2c2cccc(OCC)c2)cc1. The van der Waals surface area contributed by atoms with Crippen LogP contribution in [0.3, 0.4) is 0 Å². The van der Waals surface area contributed by atoms with E-state index >= 15 is 0 Å². The summed E-state index contributed by atoms with van der Waals surface area (Å²) >= 11 is 0. The number of hydrogen-bond donors (Lipinski definition) is 1. The maximum Gasteiger partial charge on any atom is 0.300 e. The Morgan fingerprint density at radius 1 is 0.921 bits per heavy atom. The Morgan fingerprint density at radius 3 is 2.24 bits per heavy atom. The number of ketones is 1. The molecule has 1 N–H and O–H groups in total. The fraction of sp³-hybridized carbons (Fsp3) is 0.290. The van der Waals surface area contributed by atoms with Gasteiger partial charge in [-0.25, -0.2) is 0 Å². The highest BCUT2D eigenvalue weighted by molar-refractivity contribution is 6.51. The van der Waals surface area contributed by atoms with E-state index < -0.39 is 17.7 Å². The van der Waals surface area contributed by atoms with Crippen LogP contribution in [-0.2, 0) is 9.59 Å². The molecule has 0 spiro atoms. The monoisotopic (exact) mass is 515 g/mol. The molecule has 1 heterocycles. The van der Waals surface area contributed by atoms with Gasteiger partial charge in [-0.15, -0.1) is 0 Å². The largest absolute Gasteiger partial charge is 0.507 e. The molecule has 1 amide bonds. The van der Waals surface area contributed by atoms with Crippen molar-refractivity contribution in [2.24, 2.45) is 0 Å². The molecule has 0 aromatic heterocycles. The summed E-state index contributed by atoms with van der Waals surface area (Å²) in [6.45, 7) is 8.78. The lowest BCUT2D eigenvalue weighted by Gasteiger charge is -2.26. The first-order chi connectivity index (χ1) is 18.3. The zero-order valence-corrected chi connectivity index (χ0v) is 22.4. The number of carbonyl (C=O) groups excluding carboxylic acids is 2. The molecule has 1 aliphatic rings.